The minimum Gasteiger partial charge on any atom is -0.360 e. The van der Waals surface area contributed by atoms with Crippen LogP contribution in [0.4, 0.5) is 99.2 Å². The summed E-state index contributed by atoms with van der Waals surface area (Å²) in [5.41, 5.74) is 3.33. The van der Waals surface area contributed by atoms with Crippen LogP contribution < -0.4 is 9.80 Å². The Kier molecular flexibility index (Phi) is 35.2. The molecule has 0 bridgehead atoms. The van der Waals surface area contributed by atoms with Crippen molar-refractivity contribution in [3.63, 3.8) is 0 Å². The molecule has 740 valence electrons. The van der Waals surface area contributed by atoms with Crippen LogP contribution in [0, 0.1) is 72.3 Å². The Morgan fingerprint density at radius 1 is 0.296 bits per heavy atom. The second-order valence-corrected chi connectivity index (χ2v) is 35.2. The molecule has 17 rings (SSSR count). The van der Waals surface area contributed by atoms with E-state index in [-0.39, 0.29) is 141 Å². The minimum atomic E-state index is -4.66. The summed E-state index contributed by atoms with van der Waals surface area (Å²) in [6, 6.07) is 75.0. The van der Waals surface area contributed by atoms with Crippen LogP contribution in [0.1, 0.15) is 147 Å². The number of halogens is 16. The van der Waals surface area contributed by atoms with E-state index < -0.39 is 87.1 Å². The van der Waals surface area contributed by atoms with E-state index in [9.17, 15) is 70.2 Å². The SMILES string of the molecule is CC(C)(C)N(c1cccc(-n2[c-]cc(C(F)(F)F)n2)n1)c1cccc(-n2[c-]cc(C(F)(F)F)n2)n1.CC(C)(C)c1cc(N(c2cccc(-n3[c-]cc(C(F)(F)F)n3)n2)c2cccc(-n3[c-]cc(C(F)(F)F)n3)n2)cc(C(C)(C)C)c1.CC(C)(c1cccc(-c2[c-]cccc2)n1)c1cccc(-c2[c-]cc(F)cc2F)n1.CC(C)(c1cccc(-c2[c-]ccnc2)n1)c1cccc(-c2[c-]cc(F)cc2F)n1.[Pt+2].[Pt+2].[Pt+2].[Pt+2]. The van der Waals surface area contributed by atoms with Crippen molar-refractivity contribution in [1.82, 2.24) is 84.0 Å². The zero-order valence-corrected chi connectivity index (χ0v) is 86.1. The maximum absolute atomic E-state index is 14.2. The van der Waals surface area contributed by atoms with Crippen molar-refractivity contribution in [2.45, 2.75) is 142 Å². The third kappa shape index (κ3) is 26.8. The number of nitrogens with zero attached hydrogens (tertiary/aromatic N) is 19. The Morgan fingerprint density at radius 2 is 0.613 bits per heavy atom. The third-order valence-corrected chi connectivity index (χ3v) is 21.2. The maximum atomic E-state index is 14.2. The van der Waals surface area contributed by atoms with Crippen LogP contribution in [0.3, 0.4) is 0 Å². The number of hydrogen-bond donors (Lipinski definition) is 0. The molecule has 13 aromatic heterocycles. The van der Waals surface area contributed by atoms with E-state index in [0.717, 1.165) is 118 Å². The number of rotatable bonds is 17. The summed E-state index contributed by atoms with van der Waals surface area (Å²) < 4.78 is 216. The van der Waals surface area contributed by atoms with Gasteiger partial charge in [-0.3, -0.25) is 62.8 Å². The summed E-state index contributed by atoms with van der Waals surface area (Å²) in [5.74, 6) is -1.27. The summed E-state index contributed by atoms with van der Waals surface area (Å²) in [7, 11) is 0. The summed E-state index contributed by atoms with van der Waals surface area (Å²) in [5, 5.41) is 14.2. The van der Waals surface area contributed by atoms with E-state index in [1.807, 2.05) is 139 Å². The van der Waals surface area contributed by atoms with Crippen LogP contribution in [0.5, 0.6) is 0 Å². The molecule has 4 aromatic carbocycles. The summed E-state index contributed by atoms with van der Waals surface area (Å²) in [6.07, 6.45) is -5.49. The third-order valence-electron chi connectivity index (χ3n) is 21.2. The van der Waals surface area contributed by atoms with Gasteiger partial charge in [0.15, 0.2) is 0 Å². The molecule has 0 N–H and O–H groups in total. The second kappa shape index (κ2) is 44.9. The molecule has 0 aliphatic heterocycles. The summed E-state index contributed by atoms with van der Waals surface area (Å²) >= 11 is 0. The standard InChI is InChI=1S/C32H29F6N7.C25H18F2N2.C24H17F2N3.C22H17F6N7.4Pt/c1-29(2,3)20-17-21(30(4,5)6)19-22(18-20)45(27-11-7-9-25(39-27)43-15-13-23(41-43)31(33,34)35)28-12-8-10-26(40-28)44-16-14-24(42-44)32(36,37)38;1-25(2,23-12-6-10-21(28-23)17-8-4-3-5-9-17)24-13-7-11-22(29-24)19-15-14-18(26)16-20(19)27;1-24(2,22-9-3-7-20(28-22)16-6-5-13-27-15-16)23-10-4-8-21(29-23)18-12-11-17(25)14-19(18)26;1-20(2,3)35(18-8-4-6-16(29-18)33-12-10-14(31-33)21(23,24)25)19-9-5-7-17(30-19)34-13-11-15(32-34)22(26,27)28;;;;/h7-14,17-19H,1-6H3;3-8,10-14,16H,1-2H3;3-5,7-11,13-15H,1-2H3;4-11H,1-3H3;;;;/q4*-2;4*+2. The molecule has 39 heteroatoms. The molecule has 0 aliphatic carbocycles. The van der Waals surface area contributed by atoms with Crippen molar-refractivity contribution in [1.29, 1.82) is 0 Å². The monoisotopic (exact) mass is 2670 g/mol. The largest absolute Gasteiger partial charge is 2.00 e. The van der Waals surface area contributed by atoms with E-state index in [2.05, 4.69) is 152 Å². The average molecular weight is 2670 g/mol. The average Bonchev–Trinajstić information content (AvgIpc) is 0.967. The Bertz CT molecular complexity index is 6760. The molecule has 0 saturated carbocycles. The van der Waals surface area contributed by atoms with Crippen LogP contribution in [0.15, 0.2) is 255 Å². The van der Waals surface area contributed by atoms with Crippen molar-refractivity contribution >= 4 is 29.0 Å². The first kappa shape index (κ1) is 111. The van der Waals surface area contributed by atoms with Crippen LogP contribution in [-0.4, -0.2) is 89.5 Å². The molecule has 0 amide bonds. The molecule has 0 atom stereocenters. The molecular weight excluding hydrogens is 2590 g/mol. The second-order valence-electron chi connectivity index (χ2n) is 35.2. The van der Waals surface area contributed by atoms with Gasteiger partial charge in [-0.2, -0.15) is 52.7 Å². The number of pyridine rings is 9. The minimum absolute atomic E-state index is 0. The number of anilines is 5. The van der Waals surface area contributed by atoms with Crippen molar-refractivity contribution in [2.75, 3.05) is 9.80 Å². The van der Waals surface area contributed by atoms with Crippen LogP contribution in [-0.2, 0) is 131 Å². The topological polar surface area (TPSA) is 194 Å². The van der Waals surface area contributed by atoms with Gasteiger partial charge in [0.2, 0.25) is 0 Å². The number of aromatic nitrogens is 17. The molecule has 142 heavy (non-hydrogen) atoms. The van der Waals surface area contributed by atoms with Crippen LogP contribution >= 0.6 is 0 Å². The number of hydrogen-bond acceptors (Lipinski definition) is 15. The van der Waals surface area contributed by atoms with Crippen LogP contribution in [0.25, 0.3) is 68.3 Å². The molecule has 13 heterocycles. The molecule has 0 spiro atoms. The number of alkyl halides is 12. The molecule has 0 aliphatic rings. The van der Waals surface area contributed by atoms with Crippen molar-refractivity contribution in [3.05, 3.63) is 384 Å². The molecule has 17 aromatic rings. The first-order valence-corrected chi connectivity index (χ1v) is 42.2. The Hall–Kier alpha value is -12.7. The van der Waals surface area contributed by atoms with Gasteiger partial charge in [0, 0.05) is 68.1 Å². The Morgan fingerprint density at radius 3 is 0.915 bits per heavy atom. The molecular formula is C103H81F16N19Pt4. The van der Waals surface area contributed by atoms with Crippen molar-refractivity contribution in [3.8, 4) is 68.3 Å². The maximum Gasteiger partial charge on any atom is 2.00 e. The van der Waals surface area contributed by atoms with E-state index >= 15 is 0 Å². The van der Waals surface area contributed by atoms with Crippen molar-refractivity contribution < 1.29 is 155 Å². The fraction of sp³-hybridized carbons (Fsp3) is 0.214. The van der Waals surface area contributed by atoms with Gasteiger partial charge in [-0.05, 0) is 154 Å². The van der Waals surface area contributed by atoms with E-state index in [0.29, 0.717) is 34.4 Å². The first-order valence-electron chi connectivity index (χ1n) is 42.2. The van der Waals surface area contributed by atoms with Gasteiger partial charge in [-0.15, -0.1) is 102 Å². The molecule has 0 fully saturated rings. The van der Waals surface area contributed by atoms with Gasteiger partial charge in [-0.25, -0.2) is 0 Å². The van der Waals surface area contributed by atoms with Gasteiger partial charge in [0.05, 0.1) is 46.0 Å². The normalized spacial score (nSPS) is 11.9. The fourth-order valence-corrected chi connectivity index (χ4v) is 13.9. The van der Waals surface area contributed by atoms with Gasteiger partial charge >= 0.3 is 109 Å². The van der Waals surface area contributed by atoms with E-state index in [1.54, 1.807) is 95.0 Å². The molecule has 0 saturated heterocycles. The fourth-order valence-electron chi connectivity index (χ4n) is 13.9. The zero-order valence-electron chi connectivity index (χ0n) is 77.1. The summed E-state index contributed by atoms with van der Waals surface area (Å²) in [4.78, 5) is 44.5. The van der Waals surface area contributed by atoms with E-state index in [4.69, 9.17) is 9.97 Å². The van der Waals surface area contributed by atoms with Gasteiger partial charge in [0.25, 0.3) is 0 Å². The Labute approximate surface area is 865 Å². The Balaban J connectivity index is 0.000000196. The predicted molar refractivity (Wildman–Crippen MR) is 484 cm³/mol. The predicted octanol–water partition coefficient (Wildman–Crippen LogP) is 25.4. The molecule has 0 unspecified atom stereocenters. The van der Waals surface area contributed by atoms with Crippen LogP contribution in [0.2, 0.25) is 0 Å². The quantitative estimate of drug-likeness (QED) is 0.0617. The number of benzene rings is 4. The molecule has 0 radical (unpaired) electrons. The van der Waals surface area contributed by atoms with Gasteiger partial charge < -0.3 is 48.5 Å². The smallest absolute Gasteiger partial charge is 0.360 e. The van der Waals surface area contributed by atoms with Gasteiger partial charge in [-0.1, -0.05) is 205 Å². The van der Waals surface area contributed by atoms with Crippen molar-refractivity contribution in [2.24, 2.45) is 0 Å². The van der Waals surface area contributed by atoms with Gasteiger partial charge in [0.1, 0.15) is 23.3 Å². The first-order chi connectivity index (χ1) is 64.9. The molecule has 19 nitrogen and oxygen atoms in total. The summed E-state index contributed by atoms with van der Waals surface area (Å²) in [6.45, 7) is 26.0. The van der Waals surface area contributed by atoms with E-state index in [1.165, 1.54) is 24.3 Å². The zero-order chi connectivity index (χ0) is 99.4.